The van der Waals surface area contributed by atoms with Gasteiger partial charge in [0.15, 0.2) is 5.13 Å². The lowest BCUT2D eigenvalue weighted by Crippen LogP contribution is -2.21. The minimum absolute atomic E-state index is 0.00731. The molecule has 2 aromatic carbocycles. The SMILES string of the molecule is CC1=NN(c2cccc(C(F)(F)F)c2)C(=O)/C1=C\c1ccc(-c2ccc(S(=O)(=O)Nc3nccs3)cc2)o1. The van der Waals surface area contributed by atoms with E-state index in [1.807, 2.05) is 0 Å². The maximum Gasteiger partial charge on any atom is 0.416 e. The number of aromatic nitrogens is 1. The average molecular weight is 559 g/mol. The van der Waals surface area contributed by atoms with Crippen molar-refractivity contribution >= 4 is 49.9 Å². The lowest BCUT2D eigenvalue weighted by molar-refractivity contribution is -0.137. The van der Waals surface area contributed by atoms with Gasteiger partial charge in [-0.15, -0.1) is 11.3 Å². The summed E-state index contributed by atoms with van der Waals surface area (Å²) in [4.78, 5) is 16.9. The smallest absolute Gasteiger partial charge is 0.416 e. The number of amides is 1. The number of benzene rings is 2. The number of hydrogen-bond acceptors (Lipinski definition) is 7. The Hall–Kier alpha value is -4.23. The van der Waals surface area contributed by atoms with E-state index < -0.39 is 27.7 Å². The summed E-state index contributed by atoms with van der Waals surface area (Å²) in [6, 6.07) is 13.6. The minimum Gasteiger partial charge on any atom is -0.457 e. The molecule has 13 heteroatoms. The Bertz CT molecular complexity index is 1670. The van der Waals surface area contributed by atoms with Crippen molar-refractivity contribution in [2.45, 2.75) is 18.0 Å². The van der Waals surface area contributed by atoms with Crippen molar-refractivity contribution in [3.63, 3.8) is 0 Å². The largest absolute Gasteiger partial charge is 0.457 e. The molecule has 38 heavy (non-hydrogen) atoms. The third-order valence-electron chi connectivity index (χ3n) is 5.50. The van der Waals surface area contributed by atoms with Gasteiger partial charge in [0.2, 0.25) is 0 Å². The van der Waals surface area contributed by atoms with Crippen LogP contribution in [0.25, 0.3) is 17.4 Å². The van der Waals surface area contributed by atoms with Crippen LogP contribution < -0.4 is 9.73 Å². The van der Waals surface area contributed by atoms with Crippen LogP contribution in [0, 0.1) is 0 Å². The van der Waals surface area contributed by atoms with Gasteiger partial charge in [-0.3, -0.25) is 9.52 Å². The molecule has 1 aliphatic rings. The molecular formula is C25H17F3N4O4S2. The van der Waals surface area contributed by atoms with E-state index >= 15 is 0 Å². The molecule has 0 unspecified atom stereocenters. The molecule has 0 fully saturated rings. The molecule has 0 spiro atoms. The normalized spacial score (nSPS) is 15.3. The zero-order chi connectivity index (χ0) is 27.1. The lowest BCUT2D eigenvalue weighted by atomic mass is 10.1. The molecule has 1 aliphatic heterocycles. The van der Waals surface area contributed by atoms with E-state index in [2.05, 4.69) is 14.8 Å². The molecule has 0 aliphatic carbocycles. The second-order valence-corrected chi connectivity index (χ2v) is 10.7. The van der Waals surface area contributed by atoms with Crippen LogP contribution >= 0.6 is 11.3 Å². The van der Waals surface area contributed by atoms with Crippen molar-refractivity contribution in [3.05, 3.63) is 89.1 Å². The number of thiazole rings is 1. The molecule has 0 bridgehead atoms. The number of nitrogens with one attached hydrogen (secondary N) is 1. The van der Waals surface area contributed by atoms with Crippen LogP contribution in [0.4, 0.5) is 24.0 Å². The summed E-state index contributed by atoms with van der Waals surface area (Å²) in [7, 11) is -3.80. The summed E-state index contributed by atoms with van der Waals surface area (Å²) in [5.41, 5.74) is 0.177. The molecule has 2 aromatic heterocycles. The highest BCUT2D eigenvalue weighted by atomic mass is 32.2. The zero-order valence-electron chi connectivity index (χ0n) is 19.4. The van der Waals surface area contributed by atoms with Gasteiger partial charge in [0.1, 0.15) is 11.5 Å². The first kappa shape index (κ1) is 25.4. The summed E-state index contributed by atoms with van der Waals surface area (Å²) in [5, 5.41) is 6.94. The molecule has 0 saturated heterocycles. The number of hydrazone groups is 1. The summed E-state index contributed by atoms with van der Waals surface area (Å²) in [5.74, 6) is 0.136. The van der Waals surface area contributed by atoms with Crippen LogP contribution in [0.2, 0.25) is 0 Å². The molecule has 4 aromatic rings. The van der Waals surface area contributed by atoms with Gasteiger partial charge in [-0.2, -0.15) is 23.3 Å². The summed E-state index contributed by atoms with van der Waals surface area (Å²) in [6.07, 6.45) is -1.61. The van der Waals surface area contributed by atoms with E-state index in [0.29, 0.717) is 22.8 Å². The van der Waals surface area contributed by atoms with Crippen LogP contribution in [-0.2, 0) is 21.0 Å². The Labute approximate surface area is 218 Å². The Morgan fingerprint density at radius 2 is 1.84 bits per heavy atom. The molecule has 3 heterocycles. The van der Waals surface area contributed by atoms with E-state index in [0.717, 1.165) is 28.5 Å². The van der Waals surface area contributed by atoms with E-state index in [4.69, 9.17) is 4.42 Å². The fourth-order valence-corrected chi connectivity index (χ4v) is 5.44. The molecule has 8 nitrogen and oxygen atoms in total. The molecule has 0 atom stereocenters. The third kappa shape index (κ3) is 5.10. The first-order valence-corrected chi connectivity index (χ1v) is 13.3. The van der Waals surface area contributed by atoms with Crippen LogP contribution in [0.1, 0.15) is 18.2 Å². The standard InChI is InChI=1S/C25H17F3N4O4S2/c1-15-21(23(33)32(30-15)18-4-2-3-17(13-18)25(26,27)28)14-19-7-10-22(36-19)16-5-8-20(9-6-16)38(34,35)31-24-29-11-12-37-24/h2-14H,1H3,(H,29,31)/b21-14-. The molecular weight excluding hydrogens is 541 g/mol. The van der Waals surface area contributed by atoms with Gasteiger partial charge in [0, 0.05) is 17.1 Å². The second-order valence-electron chi connectivity index (χ2n) is 8.08. The minimum atomic E-state index is -4.55. The predicted octanol–water partition coefficient (Wildman–Crippen LogP) is 6.03. The number of nitrogens with zero attached hydrogens (tertiary/aromatic N) is 3. The third-order valence-corrected chi connectivity index (χ3v) is 7.67. The number of carbonyl (C=O) groups is 1. The fraction of sp³-hybridized carbons (Fsp3) is 0.0800. The van der Waals surface area contributed by atoms with Gasteiger partial charge in [-0.05, 0) is 67.6 Å². The van der Waals surface area contributed by atoms with Gasteiger partial charge in [-0.1, -0.05) is 6.07 Å². The molecule has 5 rings (SSSR count). The first-order chi connectivity index (χ1) is 18.0. The molecule has 1 amide bonds. The van der Waals surface area contributed by atoms with E-state index in [1.54, 1.807) is 36.6 Å². The van der Waals surface area contributed by atoms with Crippen LogP contribution in [0.3, 0.4) is 0 Å². The second kappa shape index (κ2) is 9.58. The number of alkyl halides is 3. The van der Waals surface area contributed by atoms with Gasteiger partial charge in [0.05, 0.1) is 27.4 Å². The lowest BCUT2D eigenvalue weighted by Gasteiger charge is -2.14. The van der Waals surface area contributed by atoms with E-state index in [1.165, 1.54) is 36.5 Å². The quantitative estimate of drug-likeness (QED) is 0.291. The Kier molecular flexibility index (Phi) is 6.41. The summed E-state index contributed by atoms with van der Waals surface area (Å²) in [6.45, 7) is 1.57. The number of anilines is 2. The topological polar surface area (TPSA) is 105 Å². The van der Waals surface area contributed by atoms with Gasteiger partial charge in [-0.25, -0.2) is 13.4 Å². The maximum absolute atomic E-state index is 13.1. The highest BCUT2D eigenvalue weighted by Crippen LogP contribution is 2.34. The zero-order valence-corrected chi connectivity index (χ0v) is 21.1. The Morgan fingerprint density at radius 3 is 2.53 bits per heavy atom. The number of carbonyl (C=O) groups excluding carboxylic acids is 1. The highest BCUT2D eigenvalue weighted by molar-refractivity contribution is 7.93. The van der Waals surface area contributed by atoms with Gasteiger partial charge < -0.3 is 4.42 Å². The van der Waals surface area contributed by atoms with Crippen LogP contribution in [0.5, 0.6) is 0 Å². The van der Waals surface area contributed by atoms with Crippen molar-refractivity contribution < 1.29 is 30.8 Å². The number of sulfonamides is 1. The Balaban J connectivity index is 1.34. The molecule has 0 radical (unpaired) electrons. The molecule has 0 saturated carbocycles. The van der Waals surface area contributed by atoms with Crippen molar-refractivity contribution in [1.82, 2.24) is 4.98 Å². The monoisotopic (exact) mass is 558 g/mol. The Morgan fingerprint density at radius 1 is 1.08 bits per heavy atom. The van der Waals surface area contributed by atoms with Crippen molar-refractivity contribution in [3.8, 4) is 11.3 Å². The van der Waals surface area contributed by atoms with Gasteiger partial charge in [0.25, 0.3) is 15.9 Å². The predicted molar refractivity (Wildman–Crippen MR) is 137 cm³/mol. The first-order valence-electron chi connectivity index (χ1n) is 10.9. The van der Waals surface area contributed by atoms with E-state index in [-0.39, 0.29) is 21.3 Å². The summed E-state index contributed by atoms with van der Waals surface area (Å²) >= 11 is 1.16. The number of hydrogen-bond donors (Lipinski definition) is 1. The summed E-state index contributed by atoms with van der Waals surface area (Å²) < 4.78 is 72.5. The van der Waals surface area contributed by atoms with Crippen molar-refractivity contribution in [2.75, 3.05) is 9.73 Å². The van der Waals surface area contributed by atoms with Crippen molar-refractivity contribution in [1.29, 1.82) is 0 Å². The highest BCUT2D eigenvalue weighted by Gasteiger charge is 2.33. The number of furan rings is 1. The average Bonchev–Trinajstić information content (AvgIpc) is 3.62. The molecule has 194 valence electrons. The fourth-order valence-electron chi connectivity index (χ4n) is 3.65. The van der Waals surface area contributed by atoms with Crippen molar-refractivity contribution in [2.24, 2.45) is 5.10 Å². The van der Waals surface area contributed by atoms with Crippen LogP contribution in [0.15, 0.2) is 92.2 Å². The molecule has 1 N–H and O–H groups in total. The van der Waals surface area contributed by atoms with Gasteiger partial charge >= 0.3 is 6.18 Å². The van der Waals surface area contributed by atoms with Crippen LogP contribution in [-0.4, -0.2) is 25.0 Å². The van der Waals surface area contributed by atoms with E-state index in [9.17, 15) is 26.4 Å². The number of rotatable bonds is 6. The maximum atomic E-state index is 13.1. The number of halogens is 3.